The molecule has 2 saturated heterocycles. The Morgan fingerprint density at radius 2 is 1.71 bits per heavy atom. The standard InChI is InChI=1S/C11H22N2O3S/c1-10-3-2-6-13(9-10)17(15,16)12-7-4-11(14)5-8-12/h10-11,14H,2-9H2,1H3. The van der Waals surface area contributed by atoms with E-state index in [9.17, 15) is 13.5 Å². The van der Waals surface area contributed by atoms with Crippen LogP contribution >= 0.6 is 0 Å². The molecule has 2 aliphatic heterocycles. The third-order valence-electron chi connectivity index (χ3n) is 3.70. The summed E-state index contributed by atoms with van der Waals surface area (Å²) in [4.78, 5) is 0. The van der Waals surface area contributed by atoms with Crippen LogP contribution in [0.25, 0.3) is 0 Å². The summed E-state index contributed by atoms with van der Waals surface area (Å²) in [5.41, 5.74) is 0. The molecule has 0 amide bonds. The van der Waals surface area contributed by atoms with E-state index in [1.165, 1.54) is 4.31 Å². The van der Waals surface area contributed by atoms with Crippen molar-refractivity contribution in [3.63, 3.8) is 0 Å². The van der Waals surface area contributed by atoms with Crippen LogP contribution in [0.5, 0.6) is 0 Å². The van der Waals surface area contributed by atoms with Crippen LogP contribution < -0.4 is 0 Å². The second-order valence-electron chi connectivity index (χ2n) is 5.24. The SMILES string of the molecule is CC1CCCN(S(=O)(=O)N2CCC(O)CC2)C1. The maximum Gasteiger partial charge on any atom is 0.281 e. The van der Waals surface area contributed by atoms with Crippen LogP contribution in [-0.4, -0.2) is 54.4 Å². The zero-order chi connectivity index (χ0) is 12.5. The number of nitrogens with zero attached hydrogens (tertiary/aromatic N) is 2. The normalized spacial score (nSPS) is 30.6. The van der Waals surface area contributed by atoms with E-state index in [-0.39, 0.29) is 6.10 Å². The van der Waals surface area contributed by atoms with Crippen LogP contribution in [0.15, 0.2) is 0 Å². The van der Waals surface area contributed by atoms with Gasteiger partial charge < -0.3 is 5.11 Å². The molecule has 2 rings (SSSR count). The Labute approximate surface area is 104 Å². The van der Waals surface area contributed by atoms with E-state index in [1.807, 2.05) is 0 Å². The van der Waals surface area contributed by atoms with Gasteiger partial charge in [-0.25, -0.2) is 0 Å². The van der Waals surface area contributed by atoms with Crippen molar-refractivity contribution in [1.82, 2.24) is 8.61 Å². The quantitative estimate of drug-likeness (QED) is 0.784. The Morgan fingerprint density at radius 1 is 1.06 bits per heavy atom. The molecule has 0 aromatic carbocycles. The molecule has 100 valence electrons. The fourth-order valence-electron chi connectivity index (χ4n) is 2.59. The smallest absolute Gasteiger partial charge is 0.281 e. The minimum atomic E-state index is -3.29. The Bertz CT molecular complexity index is 350. The van der Waals surface area contributed by atoms with Gasteiger partial charge in [0.2, 0.25) is 0 Å². The molecular weight excluding hydrogens is 240 g/mol. The largest absolute Gasteiger partial charge is 0.393 e. The Morgan fingerprint density at radius 3 is 2.29 bits per heavy atom. The summed E-state index contributed by atoms with van der Waals surface area (Å²) >= 11 is 0. The van der Waals surface area contributed by atoms with Gasteiger partial charge in [0.25, 0.3) is 10.2 Å². The zero-order valence-electron chi connectivity index (χ0n) is 10.4. The number of rotatable bonds is 2. The lowest BCUT2D eigenvalue weighted by Crippen LogP contribution is -2.50. The highest BCUT2D eigenvalue weighted by Gasteiger charge is 2.34. The first-order valence-corrected chi connectivity index (χ1v) is 7.83. The van der Waals surface area contributed by atoms with Gasteiger partial charge >= 0.3 is 0 Å². The van der Waals surface area contributed by atoms with E-state index in [4.69, 9.17) is 0 Å². The number of aliphatic hydroxyl groups excluding tert-OH is 1. The van der Waals surface area contributed by atoms with E-state index in [0.29, 0.717) is 44.9 Å². The molecule has 1 atom stereocenters. The van der Waals surface area contributed by atoms with Crippen molar-refractivity contribution in [2.24, 2.45) is 5.92 Å². The van der Waals surface area contributed by atoms with Crippen molar-refractivity contribution in [3.8, 4) is 0 Å². The molecule has 0 saturated carbocycles. The summed E-state index contributed by atoms with van der Waals surface area (Å²) in [7, 11) is -3.29. The van der Waals surface area contributed by atoms with Crippen LogP contribution in [0.4, 0.5) is 0 Å². The first-order chi connectivity index (χ1) is 8.00. The van der Waals surface area contributed by atoms with Crippen LogP contribution in [0.3, 0.4) is 0 Å². The molecule has 1 N–H and O–H groups in total. The summed E-state index contributed by atoms with van der Waals surface area (Å²) in [6.45, 7) is 4.29. The van der Waals surface area contributed by atoms with E-state index in [2.05, 4.69) is 6.92 Å². The minimum absolute atomic E-state index is 0.332. The fraction of sp³-hybridized carbons (Fsp3) is 1.00. The lowest BCUT2D eigenvalue weighted by atomic mass is 10.0. The number of hydrogen-bond acceptors (Lipinski definition) is 3. The molecule has 0 spiro atoms. The molecule has 0 aromatic heterocycles. The van der Waals surface area contributed by atoms with Gasteiger partial charge in [-0.05, 0) is 31.6 Å². The van der Waals surface area contributed by atoms with E-state index < -0.39 is 10.2 Å². The molecule has 2 fully saturated rings. The summed E-state index contributed by atoms with van der Waals surface area (Å²) in [5.74, 6) is 0.453. The predicted octanol–water partition coefficient (Wildman–Crippen LogP) is 0.420. The van der Waals surface area contributed by atoms with Crippen molar-refractivity contribution in [1.29, 1.82) is 0 Å². The monoisotopic (exact) mass is 262 g/mol. The van der Waals surface area contributed by atoms with Crippen molar-refractivity contribution < 1.29 is 13.5 Å². The Kier molecular flexibility index (Phi) is 4.07. The highest BCUT2D eigenvalue weighted by atomic mass is 32.2. The van der Waals surface area contributed by atoms with E-state index in [1.54, 1.807) is 4.31 Å². The lowest BCUT2D eigenvalue weighted by molar-refractivity contribution is 0.109. The Hall–Kier alpha value is -0.170. The van der Waals surface area contributed by atoms with Gasteiger partial charge in [0.1, 0.15) is 0 Å². The highest BCUT2D eigenvalue weighted by Crippen LogP contribution is 2.22. The van der Waals surface area contributed by atoms with Crippen molar-refractivity contribution in [2.45, 2.75) is 38.7 Å². The van der Waals surface area contributed by atoms with Gasteiger partial charge in [0.05, 0.1) is 6.10 Å². The lowest BCUT2D eigenvalue weighted by Gasteiger charge is -2.36. The van der Waals surface area contributed by atoms with Crippen LogP contribution in [-0.2, 0) is 10.2 Å². The van der Waals surface area contributed by atoms with E-state index in [0.717, 1.165) is 12.8 Å². The summed E-state index contributed by atoms with van der Waals surface area (Å²) < 4.78 is 27.9. The number of aliphatic hydroxyl groups is 1. The molecule has 5 nitrogen and oxygen atoms in total. The third-order valence-corrected chi connectivity index (χ3v) is 5.70. The van der Waals surface area contributed by atoms with Gasteiger partial charge in [-0.15, -0.1) is 0 Å². The molecular formula is C11H22N2O3S. The molecule has 2 heterocycles. The third kappa shape index (κ3) is 2.99. The van der Waals surface area contributed by atoms with E-state index >= 15 is 0 Å². The average Bonchev–Trinajstić information content (AvgIpc) is 2.29. The van der Waals surface area contributed by atoms with Crippen molar-refractivity contribution in [3.05, 3.63) is 0 Å². The molecule has 0 aromatic rings. The van der Waals surface area contributed by atoms with Crippen molar-refractivity contribution in [2.75, 3.05) is 26.2 Å². The summed E-state index contributed by atoms with van der Waals surface area (Å²) in [5, 5.41) is 9.41. The Balaban J connectivity index is 2.02. The first-order valence-electron chi connectivity index (χ1n) is 6.43. The summed E-state index contributed by atoms with van der Waals surface area (Å²) in [6, 6.07) is 0. The minimum Gasteiger partial charge on any atom is -0.393 e. The van der Waals surface area contributed by atoms with Crippen LogP contribution in [0, 0.1) is 5.92 Å². The van der Waals surface area contributed by atoms with Crippen LogP contribution in [0.2, 0.25) is 0 Å². The van der Waals surface area contributed by atoms with Gasteiger partial charge in [-0.1, -0.05) is 6.92 Å². The molecule has 6 heteroatoms. The molecule has 0 aliphatic carbocycles. The average molecular weight is 262 g/mol. The van der Waals surface area contributed by atoms with Gasteiger partial charge in [-0.3, -0.25) is 0 Å². The number of piperidine rings is 2. The maximum absolute atomic E-state index is 12.4. The zero-order valence-corrected chi connectivity index (χ0v) is 11.2. The molecule has 0 bridgehead atoms. The topological polar surface area (TPSA) is 60.9 Å². The highest BCUT2D eigenvalue weighted by molar-refractivity contribution is 7.86. The molecule has 1 unspecified atom stereocenters. The van der Waals surface area contributed by atoms with Gasteiger partial charge in [-0.2, -0.15) is 17.0 Å². The van der Waals surface area contributed by atoms with Gasteiger partial charge in [0.15, 0.2) is 0 Å². The molecule has 2 aliphatic rings. The number of hydrogen-bond donors (Lipinski definition) is 1. The molecule has 17 heavy (non-hydrogen) atoms. The fourth-order valence-corrected chi connectivity index (χ4v) is 4.39. The second kappa shape index (κ2) is 5.22. The molecule has 0 radical (unpaired) electrons. The first kappa shape index (κ1) is 13.3. The maximum atomic E-state index is 12.4. The second-order valence-corrected chi connectivity index (χ2v) is 7.17. The van der Waals surface area contributed by atoms with Crippen LogP contribution in [0.1, 0.15) is 32.6 Å². The predicted molar refractivity (Wildman–Crippen MR) is 65.7 cm³/mol. The summed E-state index contributed by atoms with van der Waals surface area (Å²) in [6.07, 6.45) is 2.86. The van der Waals surface area contributed by atoms with Gasteiger partial charge in [0, 0.05) is 26.2 Å². The van der Waals surface area contributed by atoms with Crippen molar-refractivity contribution >= 4 is 10.2 Å².